The fourth-order valence-electron chi connectivity index (χ4n) is 2.11. The van der Waals surface area contributed by atoms with Gasteiger partial charge in [-0.25, -0.2) is 4.98 Å². The van der Waals surface area contributed by atoms with Crippen LogP contribution in [0.3, 0.4) is 0 Å². The molecule has 110 valence electrons. The lowest BCUT2D eigenvalue weighted by Crippen LogP contribution is -2.12. The Labute approximate surface area is 136 Å². The molecule has 0 aliphatic carbocycles. The Morgan fingerprint density at radius 1 is 1.14 bits per heavy atom. The van der Waals surface area contributed by atoms with E-state index in [-0.39, 0.29) is 5.91 Å². The molecule has 2 aromatic carbocycles. The number of imidazole rings is 1. The normalized spacial score (nSPS) is 10.4. The van der Waals surface area contributed by atoms with E-state index in [0.29, 0.717) is 5.56 Å². The van der Waals surface area contributed by atoms with Crippen LogP contribution in [0.15, 0.2) is 71.7 Å². The molecular weight excluding hydrogens is 342 g/mol. The summed E-state index contributed by atoms with van der Waals surface area (Å²) in [6.45, 7) is 0.742. The highest BCUT2D eigenvalue weighted by molar-refractivity contribution is 9.10. The number of amides is 1. The van der Waals surface area contributed by atoms with Crippen molar-refractivity contribution in [3.8, 4) is 0 Å². The summed E-state index contributed by atoms with van der Waals surface area (Å²) in [6, 6.07) is 15.1. The van der Waals surface area contributed by atoms with Crippen LogP contribution in [-0.2, 0) is 6.54 Å². The van der Waals surface area contributed by atoms with Crippen molar-refractivity contribution >= 4 is 27.5 Å². The van der Waals surface area contributed by atoms with Crippen LogP contribution in [0.4, 0.5) is 5.69 Å². The Hall–Kier alpha value is -2.40. The number of hydrogen-bond acceptors (Lipinski definition) is 2. The smallest absolute Gasteiger partial charge is 0.255 e. The SMILES string of the molecule is O=C(Nc1ccccc1Br)c1ccc(Cn2ccnc2)cc1. The third-order valence-electron chi connectivity index (χ3n) is 3.26. The molecule has 1 N–H and O–H groups in total. The molecule has 4 nitrogen and oxygen atoms in total. The average molecular weight is 356 g/mol. The number of halogens is 1. The molecule has 0 radical (unpaired) electrons. The highest BCUT2D eigenvalue weighted by Gasteiger charge is 2.08. The van der Waals surface area contributed by atoms with Crippen LogP contribution in [0, 0.1) is 0 Å². The van der Waals surface area contributed by atoms with Gasteiger partial charge in [-0.15, -0.1) is 0 Å². The number of carbonyl (C=O) groups excluding carboxylic acids is 1. The molecule has 0 spiro atoms. The van der Waals surface area contributed by atoms with Gasteiger partial charge in [-0.2, -0.15) is 0 Å². The van der Waals surface area contributed by atoms with Gasteiger partial charge in [0.15, 0.2) is 0 Å². The number of para-hydroxylation sites is 1. The molecule has 0 fully saturated rings. The maximum absolute atomic E-state index is 12.2. The van der Waals surface area contributed by atoms with Gasteiger partial charge in [-0.1, -0.05) is 24.3 Å². The summed E-state index contributed by atoms with van der Waals surface area (Å²) in [5.41, 5.74) is 2.51. The summed E-state index contributed by atoms with van der Waals surface area (Å²) in [7, 11) is 0. The van der Waals surface area contributed by atoms with E-state index in [9.17, 15) is 4.79 Å². The van der Waals surface area contributed by atoms with Crippen LogP contribution in [0.25, 0.3) is 0 Å². The van der Waals surface area contributed by atoms with E-state index in [4.69, 9.17) is 0 Å². The van der Waals surface area contributed by atoms with E-state index >= 15 is 0 Å². The number of carbonyl (C=O) groups is 1. The molecule has 0 unspecified atom stereocenters. The van der Waals surface area contributed by atoms with Gasteiger partial charge in [0.1, 0.15) is 0 Å². The van der Waals surface area contributed by atoms with Gasteiger partial charge >= 0.3 is 0 Å². The average Bonchev–Trinajstić information content (AvgIpc) is 3.03. The molecule has 0 aliphatic rings. The minimum Gasteiger partial charge on any atom is -0.333 e. The van der Waals surface area contributed by atoms with Crippen LogP contribution in [0.5, 0.6) is 0 Å². The third kappa shape index (κ3) is 3.43. The van der Waals surface area contributed by atoms with Gasteiger partial charge in [0, 0.05) is 29.0 Å². The summed E-state index contributed by atoms with van der Waals surface area (Å²) in [6.07, 6.45) is 5.43. The van der Waals surface area contributed by atoms with Crippen LogP contribution in [0.1, 0.15) is 15.9 Å². The second-order valence-corrected chi connectivity index (χ2v) is 5.72. The molecule has 3 rings (SSSR count). The van der Waals surface area contributed by atoms with Gasteiger partial charge in [0.2, 0.25) is 0 Å². The van der Waals surface area contributed by atoms with Crippen molar-refractivity contribution in [1.82, 2.24) is 9.55 Å². The van der Waals surface area contributed by atoms with Crippen LogP contribution in [0.2, 0.25) is 0 Å². The summed E-state index contributed by atoms with van der Waals surface area (Å²) < 4.78 is 2.84. The predicted octanol–water partition coefficient (Wildman–Crippen LogP) is 3.95. The van der Waals surface area contributed by atoms with Crippen molar-refractivity contribution in [2.24, 2.45) is 0 Å². The number of rotatable bonds is 4. The van der Waals surface area contributed by atoms with Crippen LogP contribution in [-0.4, -0.2) is 15.5 Å². The molecule has 1 aromatic heterocycles. The minimum absolute atomic E-state index is 0.124. The Morgan fingerprint density at radius 2 is 1.91 bits per heavy atom. The zero-order valence-corrected chi connectivity index (χ0v) is 13.3. The summed E-state index contributed by atoms with van der Waals surface area (Å²) in [4.78, 5) is 16.3. The number of anilines is 1. The molecule has 0 atom stereocenters. The fourth-order valence-corrected chi connectivity index (χ4v) is 2.49. The van der Waals surface area contributed by atoms with E-state index in [1.807, 2.05) is 59.3 Å². The minimum atomic E-state index is -0.124. The number of hydrogen-bond donors (Lipinski definition) is 1. The van der Waals surface area contributed by atoms with E-state index < -0.39 is 0 Å². The lowest BCUT2D eigenvalue weighted by molar-refractivity contribution is 0.102. The van der Waals surface area contributed by atoms with E-state index in [2.05, 4.69) is 26.2 Å². The lowest BCUT2D eigenvalue weighted by atomic mass is 10.1. The predicted molar refractivity (Wildman–Crippen MR) is 89.9 cm³/mol. The highest BCUT2D eigenvalue weighted by Crippen LogP contribution is 2.22. The number of aromatic nitrogens is 2. The van der Waals surface area contributed by atoms with Crippen molar-refractivity contribution in [2.45, 2.75) is 6.54 Å². The number of nitrogens with zero attached hydrogens (tertiary/aromatic N) is 2. The van der Waals surface area contributed by atoms with Gasteiger partial charge in [-0.05, 0) is 45.8 Å². The summed E-state index contributed by atoms with van der Waals surface area (Å²) in [5.74, 6) is -0.124. The van der Waals surface area contributed by atoms with Crippen molar-refractivity contribution in [3.63, 3.8) is 0 Å². The molecule has 0 aliphatic heterocycles. The zero-order valence-electron chi connectivity index (χ0n) is 11.7. The molecule has 1 amide bonds. The molecular formula is C17H14BrN3O. The number of nitrogens with one attached hydrogen (secondary N) is 1. The van der Waals surface area contributed by atoms with Gasteiger partial charge < -0.3 is 9.88 Å². The molecule has 3 aromatic rings. The van der Waals surface area contributed by atoms with Crippen molar-refractivity contribution < 1.29 is 4.79 Å². The molecule has 5 heteroatoms. The van der Waals surface area contributed by atoms with E-state index in [1.165, 1.54) is 0 Å². The van der Waals surface area contributed by atoms with Gasteiger partial charge in [-0.3, -0.25) is 4.79 Å². The van der Waals surface area contributed by atoms with Crippen molar-refractivity contribution in [3.05, 3.63) is 82.9 Å². The van der Waals surface area contributed by atoms with Crippen LogP contribution < -0.4 is 5.32 Å². The zero-order chi connectivity index (χ0) is 15.4. The maximum atomic E-state index is 12.2. The van der Waals surface area contributed by atoms with Crippen molar-refractivity contribution in [1.29, 1.82) is 0 Å². The lowest BCUT2D eigenvalue weighted by Gasteiger charge is -2.08. The topological polar surface area (TPSA) is 46.9 Å². The molecule has 22 heavy (non-hydrogen) atoms. The first-order chi connectivity index (χ1) is 10.7. The largest absolute Gasteiger partial charge is 0.333 e. The maximum Gasteiger partial charge on any atom is 0.255 e. The first-order valence-corrected chi connectivity index (χ1v) is 7.62. The summed E-state index contributed by atoms with van der Waals surface area (Å²) in [5, 5.41) is 2.89. The standard InChI is InChI=1S/C17H14BrN3O/c18-15-3-1-2-4-16(15)20-17(22)14-7-5-13(6-8-14)11-21-10-9-19-12-21/h1-10,12H,11H2,(H,20,22). The van der Waals surface area contributed by atoms with Gasteiger partial charge in [0.05, 0.1) is 12.0 Å². The second-order valence-electron chi connectivity index (χ2n) is 4.87. The Bertz CT molecular complexity index is 767. The first-order valence-electron chi connectivity index (χ1n) is 6.83. The Morgan fingerprint density at radius 3 is 2.59 bits per heavy atom. The third-order valence-corrected chi connectivity index (χ3v) is 3.95. The summed E-state index contributed by atoms with van der Waals surface area (Å²) >= 11 is 3.42. The van der Waals surface area contributed by atoms with Crippen LogP contribution >= 0.6 is 15.9 Å². The molecule has 0 bridgehead atoms. The molecule has 0 saturated carbocycles. The second kappa shape index (κ2) is 6.58. The Kier molecular flexibility index (Phi) is 4.34. The highest BCUT2D eigenvalue weighted by atomic mass is 79.9. The van der Waals surface area contributed by atoms with Gasteiger partial charge in [0.25, 0.3) is 5.91 Å². The van der Waals surface area contributed by atoms with Crippen molar-refractivity contribution in [2.75, 3.05) is 5.32 Å². The first kappa shape index (κ1) is 14.5. The number of benzene rings is 2. The fraction of sp³-hybridized carbons (Fsp3) is 0.0588. The molecule has 1 heterocycles. The quantitative estimate of drug-likeness (QED) is 0.770. The van der Waals surface area contributed by atoms with E-state index in [1.54, 1.807) is 12.5 Å². The monoisotopic (exact) mass is 355 g/mol. The molecule has 0 saturated heterocycles. The Balaban J connectivity index is 1.70. The van der Waals surface area contributed by atoms with E-state index in [0.717, 1.165) is 22.3 Å².